The first-order chi connectivity index (χ1) is 12.7. The zero-order chi connectivity index (χ0) is 18.4. The first kappa shape index (κ1) is 19.2. The summed E-state index contributed by atoms with van der Waals surface area (Å²) >= 11 is 0. The minimum absolute atomic E-state index is 0.585. The van der Waals surface area contributed by atoms with Gasteiger partial charge in [0.1, 0.15) is 0 Å². The van der Waals surface area contributed by atoms with E-state index in [9.17, 15) is 0 Å². The fraction of sp³-hybridized carbons (Fsp3) is 0.667. The summed E-state index contributed by atoms with van der Waals surface area (Å²) in [5.74, 6) is 1.79. The number of guanidine groups is 1. The summed E-state index contributed by atoms with van der Waals surface area (Å²) in [6, 6.07) is 12.0. The second-order valence-electron chi connectivity index (χ2n) is 7.95. The third kappa shape index (κ3) is 5.45. The maximum atomic E-state index is 4.43. The zero-order valence-corrected chi connectivity index (χ0v) is 16.6. The highest BCUT2D eigenvalue weighted by atomic mass is 15.2. The number of likely N-dealkylation sites (tertiary alicyclic amines) is 1. The summed E-state index contributed by atoms with van der Waals surface area (Å²) in [4.78, 5) is 9.37. The van der Waals surface area contributed by atoms with Crippen LogP contribution in [0.5, 0.6) is 0 Å². The Balaban J connectivity index is 1.45. The van der Waals surface area contributed by atoms with Crippen LogP contribution in [-0.4, -0.2) is 68.6 Å². The molecular weight excluding hydrogens is 322 g/mol. The van der Waals surface area contributed by atoms with Gasteiger partial charge in [0.2, 0.25) is 0 Å². The molecule has 0 aromatic heterocycles. The normalized spacial score (nSPS) is 22.6. The van der Waals surface area contributed by atoms with Crippen LogP contribution >= 0.6 is 0 Å². The highest BCUT2D eigenvalue weighted by molar-refractivity contribution is 5.79. The van der Waals surface area contributed by atoms with Crippen LogP contribution in [0, 0.1) is 5.92 Å². The Kier molecular flexibility index (Phi) is 6.92. The minimum Gasteiger partial charge on any atom is -0.355 e. The Morgan fingerprint density at radius 2 is 1.96 bits per heavy atom. The second-order valence-corrected chi connectivity index (χ2v) is 7.95. The molecule has 0 radical (unpaired) electrons. The molecule has 1 saturated carbocycles. The van der Waals surface area contributed by atoms with Crippen molar-refractivity contribution < 1.29 is 0 Å². The Bertz CT molecular complexity index is 565. The molecule has 1 aromatic carbocycles. The van der Waals surface area contributed by atoms with Crippen molar-refractivity contribution in [1.29, 1.82) is 0 Å². The lowest BCUT2D eigenvalue weighted by Gasteiger charge is -2.27. The Hall–Kier alpha value is -1.59. The minimum atomic E-state index is 0.585. The van der Waals surface area contributed by atoms with Gasteiger partial charge in [-0.1, -0.05) is 30.3 Å². The van der Waals surface area contributed by atoms with Crippen LogP contribution in [0.15, 0.2) is 35.3 Å². The Labute approximate surface area is 158 Å². The van der Waals surface area contributed by atoms with Gasteiger partial charge in [0, 0.05) is 38.8 Å². The van der Waals surface area contributed by atoms with Crippen molar-refractivity contribution in [2.75, 3.05) is 40.8 Å². The summed E-state index contributed by atoms with van der Waals surface area (Å²) < 4.78 is 0. The molecule has 1 heterocycles. The van der Waals surface area contributed by atoms with Gasteiger partial charge in [0.15, 0.2) is 5.96 Å². The van der Waals surface area contributed by atoms with E-state index < -0.39 is 0 Å². The third-order valence-electron chi connectivity index (χ3n) is 5.76. The van der Waals surface area contributed by atoms with Crippen molar-refractivity contribution in [2.24, 2.45) is 10.9 Å². The number of likely N-dealkylation sites (N-methyl/N-ethyl adjacent to an activating group) is 1. The third-order valence-corrected chi connectivity index (χ3v) is 5.76. The molecule has 3 rings (SSSR count). The van der Waals surface area contributed by atoms with Gasteiger partial charge in [-0.15, -0.1) is 0 Å². The number of nitrogens with one attached hydrogen (secondary N) is 2. The van der Waals surface area contributed by atoms with Crippen molar-refractivity contribution in [3.8, 4) is 0 Å². The van der Waals surface area contributed by atoms with Crippen LogP contribution in [-0.2, 0) is 6.54 Å². The number of hydrogen-bond donors (Lipinski definition) is 2. The van der Waals surface area contributed by atoms with E-state index in [0.717, 1.165) is 31.5 Å². The van der Waals surface area contributed by atoms with Crippen LogP contribution < -0.4 is 10.6 Å². The maximum Gasteiger partial charge on any atom is 0.191 e. The molecule has 1 saturated heterocycles. The molecule has 1 aliphatic carbocycles. The molecule has 2 unspecified atom stereocenters. The number of benzene rings is 1. The topological polar surface area (TPSA) is 42.9 Å². The van der Waals surface area contributed by atoms with E-state index in [0.29, 0.717) is 12.1 Å². The van der Waals surface area contributed by atoms with E-state index >= 15 is 0 Å². The number of rotatable bonds is 8. The molecule has 1 aliphatic heterocycles. The fourth-order valence-electron chi connectivity index (χ4n) is 4.04. The van der Waals surface area contributed by atoms with E-state index in [1.54, 1.807) is 0 Å². The van der Waals surface area contributed by atoms with Gasteiger partial charge in [-0.05, 0) is 57.8 Å². The standard InChI is InChI=1S/C21H35N5/c1-22-21(24-15-20(25(2)3)18-11-12-18)23-14-19-10-7-13-26(19)16-17-8-5-4-6-9-17/h4-6,8-9,18-20H,7,10-16H2,1-3H3,(H2,22,23,24). The van der Waals surface area contributed by atoms with Gasteiger partial charge in [0.25, 0.3) is 0 Å². The van der Waals surface area contributed by atoms with Gasteiger partial charge in [-0.25, -0.2) is 0 Å². The number of aliphatic imine (C=N–C) groups is 1. The zero-order valence-electron chi connectivity index (χ0n) is 16.6. The molecule has 144 valence electrons. The predicted octanol–water partition coefficient (Wildman–Crippen LogP) is 2.16. The molecule has 26 heavy (non-hydrogen) atoms. The number of nitrogens with zero attached hydrogens (tertiary/aromatic N) is 3. The van der Waals surface area contributed by atoms with Crippen LogP contribution in [0.1, 0.15) is 31.2 Å². The Morgan fingerprint density at radius 3 is 2.62 bits per heavy atom. The van der Waals surface area contributed by atoms with Crippen LogP contribution in [0.3, 0.4) is 0 Å². The maximum absolute atomic E-state index is 4.43. The van der Waals surface area contributed by atoms with Crippen LogP contribution in [0.2, 0.25) is 0 Å². The molecule has 2 N–H and O–H groups in total. The van der Waals surface area contributed by atoms with E-state index in [1.165, 1.54) is 37.8 Å². The van der Waals surface area contributed by atoms with Gasteiger partial charge in [-0.3, -0.25) is 9.89 Å². The highest BCUT2D eigenvalue weighted by Gasteiger charge is 2.32. The van der Waals surface area contributed by atoms with Crippen molar-refractivity contribution in [2.45, 2.75) is 44.3 Å². The van der Waals surface area contributed by atoms with Crippen molar-refractivity contribution >= 4 is 5.96 Å². The summed E-state index contributed by atoms with van der Waals surface area (Å²) in [5, 5.41) is 7.10. The van der Waals surface area contributed by atoms with Crippen molar-refractivity contribution in [3.63, 3.8) is 0 Å². The Morgan fingerprint density at radius 1 is 1.19 bits per heavy atom. The monoisotopic (exact) mass is 357 g/mol. The molecule has 2 fully saturated rings. The second kappa shape index (κ2) is 9.38. The van der Waals surface area contributed by atoms with E-state index in [-0.39, 0.29) is 0 Å². The molecule has 0 bridgehead atoms. The molecule has 2 aliphatic rings. The van der Waals surface area contributed by atoms with E-state index in [1.807, 2.05) is 7.05 Å². The molecule has 5 nitrogen and oxygen atoms in total. The first-order valence-corrected chi connectivity index (χ1v) is 10.1. The molecule has 2 atom stereocenters. The smallest absolute Gasteiger partial charge is 0.191 e. The molecule has 0 spiro atoms. The highest BCUT2D eigenvalue weighted by Crippen LogP contribution is 2.34. The fourth-order valence-corrected chi connectivity index (χ4v) is 4.04. The van der Waals surface area contributed by atoms with Gasteiger partial charge < -0.3 is 15.5 Å². The largest absolute Gasteiger partial charge is 0.355 e. The van der Waals surface area contributed by atoms with Crippen molar-refractivity contribution in [3.05, 3.63) is 35.9 Å². The molecule has 5 heteroatoms. The lowest BCUT2D eigenvalue weighted by Crippen LogP contribution is -2.48. The van der Waals surface area contributed by atoms with E-state index in [2.05, 4.69) is 69.9 Å². The number of hydrogen-bond acceptors (Lipinski definition) is 3. The average Bonchev–Trinajstić information content (AvgIpc) is 3.38. The lowest BCUT2D eigenvalue weighted by atomic mass is 10.1. The van der Waals surface area contributed by atoms with Crippen LogP contribution in [0.25, 0.3) is 0 Å². The first-order valence-electron chi connectivity index (χ1n) is 10.1. The summed E-state index contributed by atoms with van der Waals surface area (Å²) in [7, 11) is 6.23. The predicted molar refractivity (Wildman–Crippen MR) is 109 cm³/mol. The lowest BCUT2D eigenvalue weighted by molar-refractivity contribution is 0.244. The SMILES string of the molecule is CN=C(NCC(C1CC1)N(C)C)NCC1CCCN1Cc1ccccc1. The van der Waals surface area contributed by atoms with Crippen LogP contribution in [0.4, 0.5) is 0 Å². The molecular formula is C21H35N5. The molecule has 0 amide bonds. The van der Waals surface area contributed by atoms with Gasteiger partial charge in [-0.2, -0.15) is 0 Å². The molecule has 1 aromatic rings. The van der Waals surface area contributed by atoms with Gasteiger partial charge >= 0.3 is 0 Å². The summed E-state index contributed by atoms with van der Waals surface area (Å²) in [5.41, 5.74) is 1.40. The quantitative estimate of drug-likeness (QED) is 0.553. The average molecular weight is 358 g/mol. The summed E-state index contributed by atoms with van der Waals surface area (Å²) in [6.45, 7) is 4.17. The van der Waals surface area contributed by atoms with E-state index in [4.69, 9.17) is 0 Å². The van der Waals surface area contributed by atoms with Gasteiger partial charge in [0.05, 0.1) is 0 Å². The van der Waals surface area contributed by atoms with Crippen molar-refractivity contribution in [1.82, 2.24) is 20.4 Å². The summed E-state index contributed by atoms with van der Waals surface area (Å²) in [6.07, 6.45) is 5.29.